The van der Waals surface area contributed by atoms with Crippen LogP contribution in [0.2, 0.25) is 39.3 Å². The van der Waals surface area contributed by atoms with Crippen LogP contribution in [0.1, 0.15) is 117 Å². The fraction of sp³-hybridized carbons (Fsp3) is 0.317. The molecule has 446 valence electrons. The van der Waals surface area contributed by atoms with E-state index in [-0.39, 0.29) is 125 Å². The van der Waals surface area contributed by atoms with Gasteiger partial charge in [-0.1, -0.05) is 170 Å². The Morgan fingerprint density at radius 2 is 0.829 bits per heavy atom. The zero-order chi connectivity index (χ0) is 62.2. The molecule has 0 bridgehead atoms. The van der Waals surface area contributed by atoms with Crippen LogP contribution in [-0.2, 0) is 30.4 Å². The van der Waals surface area contributed by atoms with Gasteiger partial charge in [0, 0.05) is 59.1 Å². The standard InChI is InChI=1S/C15H21NOSi.C12H13NO.C10H12INO.C10H11IO2.C8H7IO2.C5H10Si.I3.I2.HI.K.H/c1-5-13(15(16)17)14-9-7-6-8-12(14)10-11-18(2,3)4;1-3-9-7-5-6-8-11(9)10(4-2)12(13)14;2*1-2-7(10(12)13)8-5-3-4-6-9(8)11;9-7-4-2-1-3-6(7)5-8(10)11;1-5-6(2,3)4;1-3-2;1-2;;;/h6-9,13H,5H2,1-4H3,(H2,16,17);1,5-8,10H,4H2,2H3,(H2,13,14);3-7H,2H2,1H3,(H2,12,13);3-7H,2H2,1H3,(H,12,13);1-4H,5H2,(H,10,11);1H,2-4H3;;;1H;;/q;;;;;;-1;;;+1;-1. The van der Waals surface area contributed by atoms with Gasteiger partial charge in [0.25, 0.3) is 0 Å². The summed E-state index contributed by atoms with van der Waals surface area (Å²) in [6, 6.07) is 38.1. The summed E-state index contributed by atoms with van der Waals surface area (Å²) in [5, 5.41) is 17.4. The Morgan fingerprint density at radius 3 is 1.12 bits per heavy atom. The molecule has 5 rings (SSSR count). The Bertz CT molecular complexity index is 2780. The van der Waals surface area contributed by atoms with Gasteiger partial charge in [-0.3, -0.25) is 24.0 Å². The second-order valence-electron chi connectivity index (χ2n) is 18.9. The van der Waals surface area contributed by atoms with Crippen molar-refractivity contribution < 1.29 is 100 Å². The van der Waals surface area contributed by atoms with E-state index in [0.29, 0.717) is 32.5 Å². The summed E-state index contributed by atoms with van der Waals surface area (Å²) >= 11 is 16.1. The minimum absolute atomic E-state index is 0. The number of hydrogen-bond acceptors (Lipinski definition) is 5. The number of halogens is 9. The van der Waals surface area contributed by atoms with E-state index in [2.05, 4.69) is 204 Å². The van der Waals surface area contributed by atoms with Crippen molar-refractivity contribution in [1.82, 2.24) is 0 Å². The number of carbonyl (C=O) groups is 5. The zero-order valence-electron chi connectivity index (χ0n) is 49.1. The molecule has 82 heavy (non-hydrogen) atoms. The SMILES string of the molecule is C#C[Si](C)(C)C.C#Cc1ccccc1C(CC)C(N)=O.CCC(C(=O)O)c1ccccc1I.CCC(C(N)=O)c1ccccc1C#C[Si](C)(C)C.CCC(C(N)=O)c1ccccc1I.I.II.I[I-]I.O=C(O)Cc1ccccc1I.[H-].[K+]. The summed E-state index contributed by atoms with van der Waals surface area (Å²) < 4.78 is 3.13. The van der Waals surface area contributed by atoms with E-state index in [9.17, 15) is 24.0 Å². The molecule has 0 fully saturated rings. The molecule has 5 aromatic carbocycles. The maximum absolute atomic E-state index is 11.5. The van der Waals surface area contributed by atoms with Gasteiger partial charge in [0.1, 0.15) is 16.1 Å². The first-order valence-electron chi connectivity index (χ1n) is 24.8. The molecular weight excluding hydrogens is 2110 g/mol. The van der Waals surface area contributed by atoms with Crippen LogP contribution in [0.5, 0.6) is 0 Å². The second-order valence-corrected chi connectivity index (χ2v) is 48.1. The molecule has 0 saturated carbocycles. The number of hydrogen-bond donors (Lipinski definition) is 5. The second kappa shape index (κ2) is 53.6. The van der Waals surface area contributed by atoms with E-state index in [1.807, 2.05) is 149 Å². The van der Waals surface area contributed by atoms with Gasteiger partial charge in [0.05, 0.1) is 30.1 Å². The van der Waals surface area contributed by atoms with E-state index in [1.165, 1.54) is 0 Å². The first-order chi connectivity index (χ1) is 37.6. The largest absolute Gasteiger partial charge is 1.00 e. The molecule has 4 unspecified atom stereocenters. The van der Waals surface area contributed by atoms with Crippen LogP contribution in [0.25, 0.3) is 0 Å². The summed E-state index contributed by atoms with van der Waals surface area (Å²) in [5.41, 5.74) is 28.5. The maximum Gasteiger partial charge on any atom is 1.00 e. The van der Waals surface area contributed by atoms with Crippen molar-refractivity contribution in [2.75, 3.05) is 0 Å². The average Bonchev–Trinajstić information content (AvgIpc) is 3.40. The number of carbonyl (C=O) groups excluding carboxylic acids is 3. The van der Waals surface area contributed by atoms with Crippen molar-refractivity contribution in [1.29, 1.82) is 0 Å². The van der Waals surface area contributed by atoms with Gasteiger partial charge < -0.3 is 28.8 Å². The Labute approximate surface area is 647 Å². The number of carboxylic acid groups (broad SMARTS) is 2. The first-order valence-corrected chi connectivity index (χ1v) is 53.9. The van der Waals surface area contributed by atoms with Crippen LogP contribution < -0.4 is 81.8 Å². The van der Waals surface area contributed by atoms with Crippen LogP contribution in [0, 0.1) is 46.5 Å². The van der Waals surface area contributed by atoms with Gasteiger partial charge in [0.15, 0.2) is 0 Å². The van der Waals surface area contributed by atoms with Crippen LogP contribution >= 0.6 is 166 Å². The fourth-order valence-corrected chi connectivity index (χ4v) is 9.29. The Kier molecular flexibility index (Phi) is 59.8. The molecule has 4 atom stereocenters. The number of nitrogens with two attached hydrogens (primary N) is 3. The number of terminal acetylenes is 2. The Balaban J connectivity index is -0.000000213. The van der Waals surface area contributed by atoms with E-state index < -0.39 is 28.1 Å². The predicted molar refractivity (Wildman–Crippen MR) is 412 cm³/mol. The van der Waals surface area contributed by atoms with E-state index in [4.69, 9.17) is 40.3 Å². The van der Waals surface area contributed by atoms with Gasteiger partial charge in [-0.25, -0.2) is 0 Å². The molecule has 0 saturated heterocycles. The molecule has 0 aliphatic heterocycles. The molecule has 0 heterocycles. The number of rotatable bonds is 14. The molecule has 22 heteroatoms. The number of primary amides is 3. The van der Waals surface area contributed by atoms with E-state index in [0.717, 1.165) is 56.1 Å². The molecule has 3 amide bonds. The summed E-state index contributed by atoms with van der Waals surface area (Å²) in [5.74, 6) is 2.38. The third-order valence-corrected chi connectivity index (χ3v) is 15.4. The van der Waals surface area contributed by atoms with E-state index in [1.54, 1.807) is 0 Å². The summed E-state index contributed by atoms with van der Waals surface area (Å²) in [6.45, 7) is 20.8. The molecular formula is C60H76I9KN3O7Si2-. The third-order valence-electron chi connectivity index (χ3n) is 10.7. The summed E-state index contributed by atoms with van der Waals surface area (Å²) in [4.78, 5) is 54.9. The van der Waals surface area contributed by atoms with Crippen LogP contribution in [0.3, 0.4) is 0 Å². The van der Waals surface area contributed by atoms with Gasteiger partial charge in [-0.2, -0.15) is 0 Å². The molecule has 0 radical (unpaired) electrons. The van der Waals surface area contributed by atoms with Crippen molar-refractivity contribution in [3.63, 3.8) is 0 Å². The Hall–Kier alpha value is 0.770. The zero-order valence-corrected chi connectivity index (χ0v) is 72.9. The summed E-state index contributed by atoms with van der Waals surface area (Å²) in [7, 11) is -2.52. The van der Waals surface area contributed by atoms with E-state index >= 15 is 0 Å². The number of aliphatic carboxylic acids is 2. The van der Waals surface area contributed by atoms with Crippen molar-refractivity contribution in [2.45, 2.75) is 123 Å². The smallest absolute Gasteiger partial charge is 1.00 e. The minimum atomic E-state index is -1.41. The van der Waals surface area contributed by atoms with Gasteiger partial charge in [-0.15, -0.1) is 47.9 Å². The number of amides is 3. The molecule has 0 aliphatic carbocycles. The first kappa shape index (κ1) is 91.5. The quantitative estimate of drug-likeness (QED) is 0.0413. The number of benzene rings is 5. The minimum Gasteiger partial charge on any atom is -1.00 e. The molecule has 10 nitrogen and oxygen atoms in total. The molecule has 8 N–H and O–H groups in total. The predicted octanol–water partition coefficient (Wildman–Crippen LogP) is 11.4. The molecule has 0 spiro atoms. The molecule has 0 aliphatic rings. The maximum atomic E-state index is 11.5. The van der Waals surface area contributed by atoms with Gasteiger partial charge in [0.2, 0.25) is 17.7 Å². The van der Waals surface area contributed by atoms with Gasteiger partial charge >= 0.3 is 114 Å². The van der Waals surface area contributed by atoms with Crippen molar-refractivity contribution in [2.24, 2.45) is 17.2 Å². The van der Waals surface area contributed by atoms with Gasteiger partial charge in [-0.05, 0) is 152 Å². The normalized spacial score (nSPS) is 11.1. The van der Waals surface area contributed by atoms with Crippen molar-refractivity contribution in [3.05, 3.63) is 171 Å². The molecule has 5 aromatic rings. The van der Waals surface area contributed by atoms with Crippen LogP contribution in [-0.4, -0.2) is 56.0 Å². The topological polar surface area (TPSA) is 204 Å². The van der Waals surface area contributed by atoms with Crippen LogP contribution in [0.4, 0.5) is 0 Å². The number of carboxylic acids is 2. The Morgan fingerprint density at radius 1 is 0.537 bits per heavy atom. The monoisotopic (exact) mass is 2190 g/mol. The third kappa shape index (κ3) is 41.9. The average molecular weight is 2190 g/mol. The fourth-order valence-electron chi connectivity index (χ4n) is 6.67. The van der Waals surface area contributed by atoms with Crippen LogP contribution in [0.15, 0.2) is 121 Å². The van der Waals surface area contributed by atoms with Crippen molar-refractivity contribution in [3.8, 4) is 35.8 Å². The molecule has 0 aromatic heterocycles. The van der Waals surface area contributed by atoms with Crippen molar-refractivity contribution >= 4 is 212 Å². The summed E-state index contributed by atoms with van der Waals surface area (Å²) in [6.07, 6.45) is 13.3.